The number of anilines is 1. The first kappa shape index (κ1) is 22.4. The Bertz CT molecular complexity index is 1370. The standard InChI is InChI=1S/C26H23Cl2N3O3/c1-33-18-7-3-15(4-8-18)25-24-19(20-13-16(27)5-9-21(20)29-24)11-12-31(25)26(32)30-22-14-17(28)6-10-23(22)34-2/h3-10,13-14,25,29H,11-12H2,1-2H3,(H,30,32)/t25-/m0/s1. The summed E-state index contributed by atoms with van der Waals surface area (Å²) in [5.74, 6) is 1.29. The second kappa shape index (κ2) is 9.12. The summed E-state index contributed by atoms with van der Waals surface area (Å²) >= 11 is 12.5. The highest BCUT2D eigenvalue weighted by molar-refractivity contribution is 6.31. The Kier molecular flexibility index (Phi) is 6.02. The van der Waals surface area contributed by atoms with Crippen molar-refractivity contribution < 1.29 is 14.3 Å². The number of hydrogen-bond acceptors (Lipinski definition) is 3. The van der Waals surface area contributed by atoms with Crippen LogP contribution in [0.25, 0.3) is 10.9 Å². The van der Waals surface area contributed by atoms with Crippen LogP contribution in [0, 0.1) is 0 Å². The van der Waals surface area contributed by atoms with Crippen molar-refractivity contribution in [1.82, 2.24) is 9.88 Å². The van der Waals surface area contributed by atoms with E-state index in [-0.39, 0.29) is 12.1 Å². The number of amides is 2. The van der Waals surface area contributed by atoms with Crippen molar-refractivity contribution in [2.75, 3.05) is 26.1 Å². The first-order valence-corrected chi connectivity index (χ1v) is 11.6. The zero-order valence-electron chi connectivity index (χ0n) is 18.7. The van der Waals surface area contributed by atoms with Gasteiger partial charge in [-0.25, -0.2) is 4.79 Å². The quantitative estimate of drug-likeness (QED) is 0.332. The highest BCUT2D eigenvalue weighted by Gasteiger charge is 2.35. The molecule has 0 aliphatic carbocycles. The number of aromatic amines is 1. The number of nitrogens with one attached hydrogen (secondary N) is 2. The van der Waals surface area contributed by atoms with Crippen LogP contribution in [0.5, 0.6) is 11.5 Å². The Labute approximate surface area is 207 Å². The molecule has 3 aromatic carbocycles. The fraction of sp³-hybridized carbons (Fsp3) is 0.192. The second-order valence-corrected chi connectivity index (χ2v) is 8.97. The average molecular weight is 496 g/mol. The Morgan fingerprint density at radius 2 is 1.74 bits per heavy atom. The molecule has 1 aromatic heterocycles. The number of carbonyl (C=O) groups is 1. The van der Waals surface area contributed by atoms with E-state index in [0.717, 1.165) is 27.9 Å². The van der Waals surface area contributed by atoms with Gasteiger partial charge in [0.05, 0.1) is 25.9 Å². The summed E-state index contributed by atoms with van der Waals surface area (Å²) in [6.07, 6.45) is 0.697. The number of fused-ring (bicyclic) bond motifs is 3. The molecular formula is C26H23Cl2N3O3. The SMILES string of the molecule is COc1ccc([C@H]2c3[nH]c4ccc(Cl)cc4c3CCN2C(=O)Nc2cc(Cl)ccc2OC)cc1. The molecule has 4 aromatic rings. The van der Waals surface area contributed by atoms with Gasteiger partial charge in [-0.2, -0.15) is 0 Å². The zero-order valence-corrected chi connectivity index (χ0v) is 20.2. The fourth-order valence-electron chi connectivity index (χ4n) is 4.58. The molecule has 0 saturated carbocycles. The minimum absolute atomic E-state index is 0.247. The number of urea groups is 1. The number of carbonyl (C=O) groups excluding carboxylic acids is 1. The highest BCUT2D eigenvalue weighted by Crippen LogP contribution is 2.40. The molecule has 174 valence electrons. The van der Waals surface area contributed by atoms with Crippen LogP contribution in [0.1, 0.15) is 22.9 Å². The van der Waals surface area contributed by atoms with Crippen LogP contribution in [0.2, 0.25) is 10.0 Å². The van der Waals surface area contributed by atoms with Crippen molar-refractivity contribution in [2.45, 2.75) is 12.5 Å². The number of aromatic nitrogens is 1. The third-order valence-corrected chi connectivity index (χ3v) is 6.65. The molecule has 0 saturated heterocycles. The van der Waals surface area contributed by atoms with Gasteiger partial charge in [-0.05, 0) is 66.1 Å². The van der Waals surface area contributed by atoms with Crippen LogP contribution in [0.15, 0.2) is 60.7 Å². The number of H-pyrrole nitrogens is 1. The summed E-state index contributed by atoms with van der Waals surface area (Å²) in [5, 5.41) is 5.26. The van der Waals surface area contributed by atoms with Crippen molar-refractivity contribution in [1.29, 1.82) is 0 Å². The molecule has 8 heteroatoms. The van der Waals surface area contributed by atoms with Crippen molar-refractivity contribution in [3.05, 3.63) is 87.5 Å². The predicted molar refractivity (Wildman–Crippen MR) is 136 cm³/mol. The lowest BCUT2D eigenvalue weighted by Gasteiger charge is -2.36. The maximum absolute atomic E-state index is 13.6. The number of nitrogens with zero attached hydrogens (tertiary/aromatic N) is 1. The maximum Gasteiger partial charge on any atom is 0.322 e. The molecule has 0 bridgehead atoms. The van der Waals surface area contributed by atoms with Crippen LogP contribution in [-0.4, -0.2) is 36.7 Å². The van der Waals surface area contributed by atoms with Gasteiger partial charge in [0.15, 0.2) is 0 Å². The molecular weight excluding hydrogens is 473 g/mol. The Hall–Kier alpha value is -3.35. The van der Waals surface area contributed by atoms with E-state index in [9.17, 15) is 4.79 Å². The molecule has 5 rings (SSSR count). The summed E-state index contributed by atoms with van der Waals surface area (Å²) in [7, 11) is 3.19. The molecule has 1 aliphatic rings. The lowest BCUT2D eigenvalue weighted by Crippen LogP contribution is -2.43. The van der Waals surface area contributed by atoms with E-state index in [1.54, 1.807) is 32.4 Å². The van der Waals surface area contributed by atoms with Crippen LogP contribution < -0.4 is 14.8 Å². The fourth-order valence-corrected chi connectivity index (χ4v) is 4.92. The number of ether oxygens (including phenoxy) is 2. The Morgan fingerprint density at radius 1 is 1.00 bits per heavy atom. The lowest BCUT2D eigenvalue weighted by atomic mass is 9.92. The average Bonchev–Trinajstić information content (AvgIpc) is 3.21. The molecule has 0 spiro atoms. The summed E-state index contributed by atoms with van der Waals surface area (Å²) in [6, 6.07) is 18.1. The van der Waals surface area contributed by atoms with E-state index >= 15 is 0 Å². The van der Waals surface area contributed by atoms with Gasteiger partial charge in [0.1, 0.15) is 11.5 Å². The topological polar surface area (TPSA) is 66.6 Å². The van der Waals surface area contributed by atoms with Crippen molar-refractivity contribution in [3.63, 3.8) is 0 Å². The van der Waals surface area contributed by atoms with Crippen molar-refractivity contribution >= 4 is 45.8 Å². The Morgan fingerprint density at radius 3 is 2.47 bits per heavy atom. The number of halogens is 2. The van der Waals surface area contributed by atoms with Gasteiger partial charge in [-0.15, -0.1) is 0 Å². The van der Waals surface area contributed by atoms with Crippen molar-refractivity contribution in [2.24, 2.45) is 0 Å². The van der Waals surface area contributed by atoms with E-state index in [2.05, 4.69) is 10.3 Å². The third kappa shape index (κ3) is 4.04. The van der Waals surface area contributed by atoms with E-state index in [1.165, 1.54) is 5.56 Å². The molecule has 2 N–H and O–H groups in total. The molecule has 6 nitrogen and oxygen atoms in total. The van der Waals surface area contributed by atoms with E-state index in [1.807, 2.05) is 47.4 Å². The molecule has 1 atom stereocenters. The summed E-state index contributed by atoms with van der Waals surface area (Å²) in [4.78, 5) is 19.0. The first-order valence-electron chi connectivity index (χ1n) is 10.8. The first-order chi connectivity index (χ1) is 16.5. The largest absolute Gasteiger partial charge is 0.497 e. The normalized spacial score (nSPS) is 15.2. The minimum atomic E-state index is -0.328. The Balaban J connectivity index is 1.58. The minimum Gasteiger partial charge on any atom is -0.497 e. The maximum atomic E-state index is 13.6. The monoisotopic (exact) mass is 495 g/mol. The van der Waals surface area contributed by atoms with Crippen molar-refractivity contribution in [3.8, 4) is 11.5 Å². The molecule has 1 aliphatic heterocycles. The third-order valence-electron chi connectivity index (χ3n) is 6.18. The lowest BCUT2D eigenvalue weighted by molar-refractivity contribution is 0.193. The van der Waals surface area contributed by atoms with Crippen LogP contribution in [0.4, 0.5) is 10.5 Å². The molecule has 0 unspecified atom stereocenters. The second-order valence-electron chi connectivity index (χ2n) is 8.10. The van der Waals surface area contributed by atoms with Crippen LogP contribution >= 0.6 is 23.2 Å². The summed E-state index contributed by atoms with van der Waals surface area (Å²) < 4.78 is 10.7. The van der Waals surface area contributed by atoms with E-state index in [0.29, 0.717) is 34.4 Å². The molecule has 0 radical (unpaired) electrons. The number of hydrogen-bond donors (Lipinski definition) is 2. The number of rotatable bonds is 4. The molecule has 0 fully saturated rings. The van der Waals surface area contributed by atoms with Gasteiger partial charge in [-0.3, -0.25) is 0 Å². The smallest absolute Gasteiger partial charge is 0.322 e. The summed E-state index contributed by atoms with van der Waals surface area (Å²) in [6.45, 7) is 0.526. The van der Waals surface area contributed by atoms with Gasteiger partial charge in [0, 0.05) is 33.2 Å². The number of benzene rings is 3. The molecule has 2 amide bonds. The predicted octanol–water partition coefficient (Wildman–Crippen LogP) is 6.67. The van der Waals surface area contributed by atoms with E-state index in [4.69, 9.17) is 32.7 Å². The van der Waals surface area contributed by atoms with Gasteiger partial charge in [0.25, 0.3) is 0 Å². The summed E-state index contributed by atoms with van der Waals surface area (Å²) in [5.41, 5.74) is 4.62. The molecule has 34 heavy (non-hydrogen) atoms. The van der Waals surface area contributed by atoms with Crippen LogP contribution in [-0.2, 0) is 6.42 Å². The highest BCUT2D eigenvalue weighted by atomic mass is 35.5. The number of methoxy groups -OCH3 is 2. The van der Waals surface area contributed by atoms with Crippen LogP contribution in [0.3, 0.4) is 0 Å². The zero-order chi connectivity index (χ0) is 23.8. The van der Waals surface area contributed by atoms with Gasteiger partial charge < -0.3 is 24.7 Å². The van der Waals surface area contributed by atoms with Gasteiger partial charge in [-0.1, -0.05) is 35.3 Å². The molecule has 2 heterocycles. The van der Waals surface area contributed by atoms with Gasteiger partial charge in [0.2, 0.25) is 0 Å². The van der Waals surface area contributed by atoms with Gasteiger partial charge >= 0.3 is 6.03 Å². The van der Waals surface area contributed by atoms with E-state index < -0.39 is 0 Å².